The summed E-state index contributed by atoms with van der Waals surface area (Å²) in [4.78, 5) is 4.85. The Hall–Kier alpha value is -2.66. The maximum Gasteiger partial charge on any atom is 0.138 e. The van der Waals surface area contributed by atoms with Gasteiger partial charge in [-0.2, -0.15) is 0 Å². The first-order chi connectivity index (χ1) is 12.4. The molecule has 0 radical (unpaired) electrons. The lowest BCUT2D eigenvalue weighted by atomic mass is 10.0. The lowest BCUT2D eigenvalue weighted by Crippen LogP contribution is -2.47. The van der Waals surface area contributed by atoms with Gasteiger partial charge in [0.2, 0.25) is 0 Å². The molecule has 1 aliphatic heterocycles. The quantitative estimate of drug-likeness (QED) is 0.724. The van der Waals surface area contributed by atoms with E-state index >= 15 is 0 Å². The zero-order valence-corrected chi connectivity index (χ0v) is 15.3. The van der Waals surface area contributed by atoms with Crippen molar-refractivity contribution in [3.8, 4) is 11.3 Å². The van der Waals surface area contributed by atoms with Crippen LogP contribution >= 0.6 is 0 Å². The summed E-state index contributed by atoms with van der Waals surface area (Å²) in [5, 5.41) is 7.05. The number of hydrogen-bond acceptors (Lipinski definition) is 3. The standard InChI is InChI=1S/C21H23FN4/c1-14-4-10-17(11-5-14)24-20-19(15-6-8-16(22)9-7-15)25-18-12-23-21(2,3)13-26(18)20/h4-11,23-24H,12-13H2,1-3H3. The van der Waals surface area contributed by atoms with E-state index in [0.717, 1.165) is 35.1 Å². The third-order valence-corrected chi connectivity index (χ3v) is 4.76. The molecule has 26 heavy (non-hydrogen) atoms. The molecule has 1 aromatic heterocycles. The highest BCUT2D eigenvalue weighted by molar-refractivity contribution is 5.76. The van der Waals surface area contributed by atoms with Gasteiger partial charge in [0.25, 0.3) is 0 Å². The minimum Gasteiger partial charge on any atom is -0.340 e. The third-order valence-electron chi connectivity index (χ3n) is 4.76. The molecule has 0 unspecified atom stereocenters. The van der Waals surface area contributed by atoms with Crippen LogP contribution in [-0.4, -0.2) is 15.1 Å². The molecule has 4 rings (SSSR count). The molecule has 0 amide bonds. The number of benzene rings is 2. The van der Waals surface area contributed by atoms with E-state index in [1.165, 1.54) is 17.7 Å². The molecule has 1 aliphatic rings. The van der Waals surface area contributed by atoms with E-state index in [2.05, 4.69) is 60.2 Å². The van der Waals surface area contributed by atoms with Crippen molar-refractivity contribution in [2.75, 3.05) is 5.32 Å². The number of aromatic nitrogens is 2. The van der Waals surface area contributed by atoms with Crippen molar-refractivity contribution in [3.63, 3.8) is 0 Å². The van der Waals surface area contributed by atoms with E-state index in [0.29, 0.717) is 6.54 Å². The zero-order valence-electron chi connectivity index (χ0n) is 15.3. The normalized spacial score (nSPS) is 15.5. The number of anilines is 2. The fourth-order valence-corrected chi connectivity index (χ4v) is 3.28. The lowest BCUT2D eigenvalue weighted by Gasteiger charge is -2.33. The zero-order chi connectivity index (χ0) is 18.3. The summed E-state index contributed by atoms with van der Waals surface area (Å²) in [6, 6.07) is 14.8. The second kappa shape index (κ2) is 6.25. The van der Waals surface area contributed by atoms with Gasteiger partial charge in [-0.15, -0.1) is 0 Å². The number of fused-ring (bicyclic) bond motifs is 1. The van der Waals surface area contributed by atoms with Crippen LogP contribution in [0.3, 0.4) is 0 Å². The highest BCUT2D eigenvalue weighted by atomic mass is 19.1. The molecule has 0 bridgehead atoms. The van der Waals surface area contributed by atoms with Gasteiger partial charge in [-0.3, -0.25) is 0 Å². The number of rotatable bonds is 3. The summed E-state index contributed by atoms with van der Waals surface area (Å²) in [5.41, 5.74) is 3.96. The van der Waals surface area contributed by atoms with Crippen LogP contribution in [0.4, 0.5) is 15.9 Å². The number of nitrogens with one attached hydrogen (secondary N) is 2. The number of imidazole rings is 1. The van der Waals surface area contributed by atoms with E-state index in [4.69, 9.17) is 4.98 Å². The van der Waals surface area contributed by atoms with Crippen molar-refractivity contribution in [2.24, 2.45) is 0 Å². The molecule has 0 saturated carbocycles. The minimum absolute atomic E-state index is 0.0164. The highest BCUT2D eigenvalue weighted by Crippen LogP contribution is 2.34. The molecule has 0 fully saturated rings. The molecule has 134 valence electrons. The van der Waals surface area contributed by atoms with Gasteiger partial charge in [-0.1, -0.05) is 17.7 Å². The van der Waals surface area contributed by atoms with Crippen LogP contribution in [0, 0.1) is 12.7 Å². The largest absolute Gasteiger partial charge is 0.340 e. The Morgan fingerprint density at radius 3 is 2.46 bits per heavy atom. The van der Waals surface area contributed by atoms with Crippen molar-refractivity contribution in [2.45, 2.75) is 39.4 Å². The summed E-state index contributed by atoms with van der Waals surface area (Å²) in [5.74, 6) is 1.69. The first kappa shape index (κ1) is 16.8. The molecular weight excluding hydrogens is 327 g/mol. The van der Waals surface area contributed by atoms with Crippen LogP contribution in [0.25, 0.3) is 11.3 Å². The summed E-state index contributed by atoms with van der Waals surface area (Å²) >= 11 is 0. The van der Waals surface area contributed by atoms with Gasteiger partial charge in [-0.25, -0.2) is 9.37 Å². The van der Waals surface area contributed by atoms with Crippen LogP contribution in [0.15, 0.2) is 48.5 Å². The van der Waals surface area contributed by atoms with Gasteiger partial charge in [0.1, 0.15) is 23.2 Å². The van der Waals surface area contributed by atoms with Gasteiger partial charge in [0, 0.05) is 23.3 Å². The minimum atomic E-state index is -0.242. The molecule has 0 spiro atoms. The summed E-state index contributed by atoms with van der Waals surface area (Å²) < 4.78 is 15.6. The van der Waals surface area contributed by atoms with Gasteiger partial charge in [0.05, 0.1) is 6.54 Å². The molecule has 5 heteroatoms. The predicted molar refractivity (Wildman–Crippen MR) is 103 cm³/mol. The van der Waals surface area contributed by atoms with Crippen LogP contribution in [-0.2, 0) is 13.1 Å². The van der Waals surface area contributed by atoms with Crippen molar-refractivity contribution in [1.82, 2.24) is 14.9 Å². The SMILES string of the molecule is Cc1ccc(Nc2c(-c3ccc(F)cc3)nc3n2CC(C)(C)NC3)cc1. The summed E-state index contributed by atoms with van der Waals surface area (Å²) in [6.07, 6.45) is 0. The van der Waals surface area contributed by atoms with Crippen molar-refractivity contribution in [3.05, 3.63) is 65.7 Å². The molecule has 0 atom stereocenters. The Bertz CT molecular complexity index is 924. The maximum absolute atomic E-state index is 13.4. The fourth-order valence-electron chi connectivity index (χ4n) is 3.28. The molecule has 2 heterocycles. The molecule has 2 N–H and O–H groups in total. The average Bonchev–Trinajstić information content (AvgIpc) is 2.94. The molecule has 0 aliphatic carbocycles. The van der Waals surface area contributed by atoms with Gasteiger partial charge >= 0.3 is 0 Å². The number of hydrogen-bond donors (Lipinski definition) is 2. The lowest BCUT2D eigenvalue weighted by molar-refractivity contribution is 0.292. The molecule has 0 saturated heterocycles. The van der Waals surface area contributed by atoms with Crippen LogP contribution in [0.5, 0.6) is 0 Å². The second-order valence-corrected chi connectivity index (χ2v) is 7.55. The summed E-state index contributed by atoms with van der Waals surface area (Å²) in [6.45, 7) is 7.95. The van der Waals surface area contributed by atoms with E-state index in [-0.39, 0.29) is 11.4 Å². The van der Waals surface area contributed by atoms with Crippen LogP contribution in [0.1, 0.15) is 25.2 Å². The Labute approximate surface area is 153 Å². The molecule has 3 aromatic rings. The van der Waals surface area contributed by atoms with Crippen molar-refractivity contribution in [1.29, 1.82) is 0 Å². The smallest absolute Gasteiger partial charge is 0.138 e. The molecular formula is C21H23FN4. The maximum atomic E-state index is 13.4. The van der Waals surface area contributed by atoms with Gasteiger partial charge in [0.15, 0.2) is 0 Å². The number of aryl methyl sites for hydroxylation is 1. The second-order valence-electron chi connectivity index (χ2n) is 7.55. The van der Waals surface area contributed by atoms with Gasteiger partial charge < -0.3 is 15.2 Å². The van der Waals surface area contributed by atoms with E-state index < -0.39 is 0 Å². The van der Waals surface area contributed by atoms with Gasteiger partial charge in [-0.05, 0) is 57.2 Å². The van der Waals surface area contributed by atoms with Crippen LogP contribution < -0.4 is 10.6 Å². The van der Waals surface area contributed by atoms with E-state index in [1.807, 2.05) is 0 Å². The predicted octanol–water partition coefficient (Wildman–Crippen LogP) is 4.62. The molecule has 2 aromatic carbocycles. The Kier molecular flexibility index (Phi) is 4.04. The monoisotopic (exact) mass is 350 g/mol. The van der Waals surface area contributed by atoms with E-state index in [9.17, 15) is 4.39 Å². The Morgan fingerprint density at radius 1 is 1.08 bits per heavy atom. The fraction of sp³-hybridized carbons (Fsp3) is 0.286. The highest BCUT2D eigenvalue weighted by Gasteiger charge is 2.29. The number of nitrogens with zero attached hydrogens (tertiary/aromatic N) is 2. The Morgan fingerprint density at radius 2 is 1.77 bits per heavy atom. The molecule has 4 nitrogen and oxygen atoms in total. The third kappa shape index (κ3) is 3.22. The van der Waals surface area contributed by atoms with Crippen molar-refractivity contribution < 1.29 is 4.39 Å². The average molecular weight is 350 g/mol. The summed E-state index contributed by atoms with van der Waals surface area (Å²) in [7, 11) is 0. The first-order valence-corrected chi connectivity index (χ1v) is 8.85. The van der Waals surface area contributed by atoms with Crippen molar-refractivity contribution >= 4 is 11.5 Å². The van der Waals surface area contributed by atoms with Crippen LogP contribution in [0.2, 0.25) is 0 Å². The topological polar surface area (TPSA) is 41.9 Å². The van der Waals surface area contributed by atoms with E-state index in [1.54, 1.807) is 12.1 Å². The first-order valence-electron chi connectivity index (χ1n) is 8.85. The number of halogens is 1. The Balaban J connectivity index is 1.81.